The highest BCUT2D eigenvalue weighted by Crippen LogP contribution is 2.36. The number of methoxy groups -OCH3 is 1. The molecule has 1 aromatic rings. The van der Waals surface area contributed by atoms with Gasteiger partial charge in [-0.2, -0.15) is 0 Å². The van der Waals surface area contributed by atoms with Crippen LogP contribution in [-0.2, 0) is 0 Å². The molecule has 1 fully saturated rings. The summed E-state index contributed by atoms with van der Waals surface area (Å²) in [5, 5.41) is 3.69. The van der Waals surface area contributed by atoms with Gasteiger partial charge in [-0.15, -0.1) is 0 Å². The topological polar surface area (TPSA) is 50.8 Å². The monoisotopic (exact) mass is 326 g/mol. The van der Waals surface area contributed by atoms with Crippen LogP contribution in [0.15, 0.2) is 12.1 Å². The predicted molar refractivity (Wildman–Crippen MR) is 87.2 cm³/mol. The van der Waals surface area contributed by atoms with E-state index >= 15 is 0 Å². The van der Waals surface area contributed by atoms with Crippen molar-refractivity contribution in [1.82, 2.24) is 10.2 Å². The summed E-state index contributed by atoms with van der Waals surface area (Å²) in [6.07, 6.45) is 1.92. The van der Waals surface area contributed by atoms with Gasteiger partial charge in [0.05, 0.1) is 18.7 Å². The SMILES string of the molecule is CCOc1c(Cl)cc(C(=O)N(C)C2CCNCC2)cc1OC. The van der Waals surface area contributed by atoms with Crippen LogP contribution in [0.1, 0.15) is 30.1 Å². The van der Waals surface area contributed by atoms with Gasteiger partial charge in [0.25, 0.3) is 5.91 Å². The first-order chi connectivity index (χ1) is 10.6. The standard InChI is InChI=1S/C16H23ClN2O3/c1-4-22-15-13(17)9-11(10-14(15)21-3)16(20)19(2)12-5-7-18-8-6-12/h9-10,12,18H,4-8H2,1-3H3. The molecule has 1 heterocycles. The number of ether oxygens (including phenoxy) is 2. The van der Waals surface area contributed by atoms with Crippen molar-refractivity contribution in [1.29, 1.82) is 0 Å². The van der Waals surface area contributed by atoms with Gasteiger partial charge in [-0.1, -0.05) is 11.6 Å². The van der Waals surface area contributed by atoms with Gasteiger partial charge >= 0.3 is 0 Å². The molecule has 2 rings (SSSR count). The quantitative estimate of drug-likeness (QED) is 0.903. The molecule has 0 radical (unpaired) electrons. The largest absolute Gasteiger partial charge is 0.493 e. The lowest BCUT2D eigenvalue weighted by molar-refractivity contribution is 0.0703. The summed E-state index contributed by atoms with van der Waals surface area (Å²) < 4.78 is 10.8. The van der Waals surface area contributed by atoms with E-state index in [9.17, 15) is 4.79 Å². The molecule has 0 bridgehead atoms. The normalized spacial score (nSPS) is 15.5. The van der Waals surface area contributed by atoms with Gasteiger partial charge in [-0.3, -0.25) is 4.79 Å². The maximum Gasteiger partial charge on any atom is 0.254 e. The first-order valence-corrected chi connectivity index (χ1v) is 7.94. The Morgan fingerprint density at radius 3 is 2.68 bits per heavy atom. The smallest absolute Gasteiger partial charge is 0.254 e. The second-order valence-electron chi connectivity index (χ2n) is 5.32. The molecule has 1 aliphatic heterocycles. The molecule has 6 heteroatoms. The number of carbonyl (C=O) groups excluding carboxylic acids is 1. The third kappa shape index (κ3) is 3.65. The predicted octanol–water partition coefficient (Wildman–Crippen LogP) is 2.57. The highest BCUT2D eigenvalue weighted by molar-refractivity contribution is 6.32. The Balaban J connectivity index is 2.23. The molecule has 22 heavy (non-hydrogen) atoms. The minimum atomic E-state index is -0.0462. The third-order valence-electron chi connectivity index (χ3n) is 3.94. The number of halogens is 1. The lowest BCUT2D eigenvalue weighted by Gasteiger charge is -2.31. The number of hydrogen-bond acceptors (Lipinski definition) is 4. The van der Waals surface area contributed by atoms with Crippen LogP contribution in [0, 0.1) is 0 Å². The van der Waals surface area contributed by atoms with E-state index in [1.165, 1.54) is 0 Å². The second-order valence-corrected chi connectivity index (χ2v) is 5.73. The summed E-state index contributed by atoms with van der Waals surface area (Å²) in [5.74, 6) is 0.916. The van der Waals surface area contributed by atoms with Gasteiger partial charge in [-0.05, 0) is 45.0 Å². The molecule has 5 nitrogen and oxygen atoms in total. The number of piperidine rings is 1. The molecule has 0 aliphatic carbocycles. The zero-order chi connectivity index (χ0) is 16.1. The van der Waals surface area contributed by atoms with Gasteiger partial charge in [0.1, 0.15) is 0 Å². The molecule has 1 aliphatic rings. The van der Waals surface area contributed by atoms with E-state index in [1.807, 2.05) is 14.0 Å². The van der Waals surface area contributed by atoms with Crippen molar-refractivity contribution in [2.45, 2.75) is 25.8 Å². The van der Waals surface area contributed by atoms with Crippen molar-refractivity contribution in [3.05, 3.63) is 22.7 Å². The summed E-state index contributed by atoms with van der Waals surface area (Å²) in [5.41, 5.74) is 0.520. The van der Waals surface area contributed by atoms with Gasteiger partial charge < -0.3 is 19.7 Å². The highest BCUT2D eigenvalue weighted by atomic mass is 35.5. The Hall–Kier alpha value is -1.46. The fraction of sp³-hybridized carbons (Fsp3) is 0.562. The number of amides is 1. The van der Waals surface area contributed by atoms with Crippen LogP contribution in [0.25, 0.3) is 0 Å². The number of rotatable bonds is 5. The zero-order valence-corrected chi connectivity index (χ0v) is 14.1. The Labute approximate surface area is 136 Å². The van der Waals surface area contributed by atoms with Crippen molar-refractivity contribution < 1.29 is 14.3 Å². The summed E-state index contributed by atoms with van der Waals surface area (Å²) in [6, 6.07) is 3.59. The maximum atomic E-state index is 12.7. The fourth-order valence-corrected chi connectivity index (χ4v) is 2.96. The molecular weight excluding hydrogens is 304 g/mol. The van der Waals surface area contributed by atoms with Crippen molar-refractivity contribution in [3.8, 4) is 11.5 Å². The molecular formula is C16H23ClN2O3. The Morgan fingerprint density at radius 1 is 1.41 bits per heavy atom. The Morgan fingerprint density at radius 2 is 2.09 bits per heavy atom. The van der Waals surface area contributed by atoms with E-state index in [2.05, 4.69) is 5.32 Å². The van der Waals surface area contributed by atoms with Crippen LogP contribution >= 0.6 is 11.6 Å². The van der Waals surface area contributed by atoms with Gasteiger partial charge in [0, 0.05) is 18.7 Å². The summed E-state index contributed by atoms with van der Waals surface area (Å²) in [6.45, 7) is 4.24. The average Bonchev–Trinajstić information content (AvgIpc) is 2.56. The van der Waals surface area contributed by atoms with Crippen molar-refractivity contribution in [2.24, 2.45) is 0 Å². The molecule has 1 aromatic carbocycles. The van der Waals surface area contributed by atoms with Gasteiger partial charge in [-0.25, -0.2) is 0 Å². The molecule has 0 aromatic heterocycles. The van der Waals surface area contributed by atoms with Crippen LogP contribution in [-0.4, -0.2) is 50.7 Å². The summed E-state index contributed by atoms with van der Waals surface area (Å²) in [7, 11) is 3.38. The number of carbonyl (C=O) groups is 1. The van der Waals surface area contributed by atoms with Gasteiger partial charge in [0.15, 0.2) is 11.5 Å². The number of benzene rings is 1. The van der Waals surface area contributed by atoms with Crippen molar-refractivity contribution in [3.63, 3.8) is 0 Å². The molecule has 122 valence electrons. The molecule has 1 amide bonds. The van der Waals surface area contributed by atoms with E-state index < -0.39 is 0 Å². The van der Waals surface area contributed by atoms with E-state index in [0.717, 1.165) is 25.9 Å². The Kier molecular flexibility index (Phi) is 5.91. The van der Waals surface area contributed by atoms with Crippen molar-refractivity contribution >= 4 is 17.5 Å². The number of nitrogens with zero attached hydrogens (tertiary/aromatic N) is 1. The van der Waals surface area contributed by atoms with E-state index in [-0.39, 0.29) is 11.9 Å². The average molecular weight is 327 g/mol. The summed E-state index contributed by atoms with van der Waals surface area (Å²) in [4.78, 5) is 14.5. The maximum absolute atomic E-state index is 12.7. The second kappa shape index (κ2) is 7.70. The van der Waals surface area contributed by atoms with E-state index in [0.29, 0.717) is 28.7 Å². The third-order valence-corrected chi connectivity index (χ3v) is 4.22. The van der Waals surface area contributed by atoms with Crippen molar-refractivity contribution in [2.75, 3.05) is 33.9 Å². The lowest BCUT2D eigenvalue weighted by Crippen LogP contribution is -2.43. The van der Waals surface area contributed by atoms with E-state index in [4.69, 9.17) is 21.1 Å². The van der Waals surface area contributed by atoms with E-state index in [1.54, 1.807) is 24.1 Å². The summed E-state index contributed by atoms with van der Waals surface area (Å²) >= 11 is 6.24. The fourth-order valence-electron chi connectivity index (χ4n) is 2.69. The first-order valence-electron chi connectivity index (χ1n) is 7.56. The molecule has 1 N–H and O–H groups in total. The Bertz CT molecular complexity index is 530. The minimum Gasteiger partial charge on any atom is -0.493 e. The molecule has 0 unspecified atom stereocenters. The molecule has 1 saturated heterocycles. The van der Waals surface area contributed by atoms with Crippen LogP contribution < -0.4 is 14.8 Å². The highest BCUT2D eigenvalue weighted by Gasteiger charge is 2.24. The van der Waals surface area contributed by atoms with Crippen LogP contribution in [0.2, 0.25) is 5.02 Å². The number of nitrogens with one attached hydrogen (secondary N) is 1. The number of hydrogen-bond donors (Lipinski definition) is 1. The lowest BCUT2D eigenvalue weighted by atomic mass is 10.0. The van der Waals surface area contributed by atoms with Gasteiger partial charge in [0.2, 0.25) is 0 Å². The molecule has 0 saturated carbocycles. The van der Waals surface area contributed by atoms with Crippen LogP contribution in [0.5, 0.6) is 11.5 Å². The van der Waals surface area contributed by atoms with Crippen LogP contribution in [0.3, 0.4) is 0 Å². The van der Waals surface area contributed by atoms with Crippen LogP contribution in [0.4, 0.5) is 0 Å². The molecule has 0 atom stereocenters. The first kappa shape index (κ1) is 16.9. The zero-order valence-electron chi connectivity index (χ0n) is 13.3. The molecule has 0 spiro atoms. The minimum absolute atomic E-state index is 0.0462.